The lowest BCUT2D eigenvalue weighted by Crippen LogP contribution is -2.22. The normalized spacial score (nSPS) is 15.6. The van der Waals surface area contributed by atoms with E-state index in [0.29, 0.717) is 33.0 Å². The van der Waals surface area contributed by atoms with E-state index in [1.807, 2.05) is 0 Å². The Labute approximate surface area is 144 Å². The molecule has 1 fully saturated rings. The van der Waals surface area contributed by atoms with Crippen molar-refractivity contribution in [3.05, 3.63) is 40.4 Å². The molecule has 2 aromatic heterocycles. The lowest BCUT2D eigenvalue weighted by atomic mass is 10.0. The predicted molar refractivity (Wildman–Crippen MR) is 89.5 cm³/mol. The van der Waals surface area contributed by atoms with Crippen molar-refractivity contribution in [2.75, 3.05) is 25.1 Å². The number of pyridine rings is 2. The highest BCUT2D eigenvalue weighted by atomic mass is 35.5. The lowest BCUT2D eigenvalue weighted by molar-refractivity contribution is 0.0699. The Morgan fingerprint density at radius 2 is 2.00 bits per heavy atom. The minimum Gasteiger partial charge on any atom is -0.381 e. The molecule has 3 rings (SSSR count). The molecule has 1 N–H and O–H groups in total. The van der Waals surface area contributed by atoms with Crippen LogP contribution in [0.3, 0.4) is 0 Å². The first-order valence-electron chi connectivity index (χ1n) is 7.43. The Kier molecular flexibility index (Phi) is 5.30. The molecular weight excluding hydrogens is 340 g/mol. The molecule has 0 spiro atoms. The first-order chi connectivity index (χ1) is 11.1. The highest BCUT2D eigenvalue weighted by Crippen LogP contribution is 2.32. The third kappa shape index (κ3) is 4.10. The van der Waals surface area contributed by atoms with Crippen LogP contribution in [-0.4, -0.2) is 29.7 Å². The van der Waals surface area contributed by atoms with Crippen molar-refractivity contribution in [3.63, 3.8) is 0 Å². The topological polar surface area (TPSA) is 47.0 Å². The highest BCUT2D eigenvalue weighted by molar-refractivity contribution is 6.36. The Hall–Kier alpha value is -1.43. The fourth-order valence-electron chi connectivity index (χ4n) is 2.52. The number of hydrogen-bond acceptors (Lipinski definition) is 4. The third-order valence-electron chi connectivity index (χ3n) is 3.84. The molecule has 1 aliphatic rings. The number of halogens is 3. The van der Waals surface area contributed by atoms with Crippen molar-refractivity contribution < 1.29 is 9.13 Å². The van der Waals surface area contributed by atoms with Gasteiger partial charge in [-0.15, -0.1) is 0 Å². The molecule has 7 heteroatoms. The van der Waals surface area contributed by atoms with Crippen molar-refractivity contribution in [1.82, 2.24) is 9.97 Å². The van der Waals surface area contributed by atoms with Gasteiger partial charge in [0.25, 0.3) is 0 Å². The van der Waals surface area contributed by atoms with Crippen LogP contribution < -0.4 is 5.32 Å². The molecule has 1 saturated heterocycles. The Morgan fingerprint density at radius 3 is 2.78 bits per heavy atom. The summed E-state index contributed by atoms with van der Waals surface area (Å²) in [6, 6.07) is 4.76. The predicted octanol–water partition coefficient (Wildman–Crippen LogP) is 4.43. The summed E-state index contributed by atoms with van der Waals surface area (Å²) < 4.78 is 18.7. The zero-order chi connectivity index (χ0) is 16.2. The van der Waals surface area contributed by atoms with Gasteiger partial charge in [0.15, 0.2) is 0 Å². The maximum Gasteiger partial charge on any atom is 0.213 e. The van der Waals surface area contributed by atoms with Gasteiger partial charge in [-0.25, -0.2) is 9.97 Å². The van der Waals surface area contributed by atoms with E-state index in [1.165, 1.54) is 12.3 Å². The molecule has 0 atom stereocenters. The highest BCUT2D eigenvalue weighted by Gasteiger charge is 2.15. The van der Waals surface area contributed by atoms with E-state index in [-0.39, 0.29) is 0 Å². The molecule has 0 saturated carbocycles. The molecular formula is C16H16Cl2FN3O. The fraction of sp³-hybridized carbons (Fsp3) is 0.375. The zero-order valence-electron chi connectivity index (χ0n) is 12.4. The molecule has 3 heterocycles. The molecule has 0 unspecified atom stereocenters. The molecule has 2 aromatic rings. The third-order valence-corrected chi connectivity index (χ3v) is 4.44. The summed E-state index contributed by atoms with van der Waals surface area (Å²) in [5.41, 5.74) is 0.869. The van der Waals surface area contributed by atoms with Gasteiger partial charge in [-0.05, 0) is 30.9 Å². The second-order valence-corrected chi connectivity index (χ2v) is 6.26. The number of anilines is 1. The second kappa shape index (κ2) is 7.43. The van der Waals surface area contributed by atoms with Gasteiger partial charge in [-0.2, -0.15) is 4.39 Å². The van der Waals surface area contributed by atoms with Crippen molar-refractivity contribution in [1.29, 1.82) is 0 Å². The number of nitrogens with one attached hydrogen (secondary N) is 1. The smallest absolute Gasteiger partial charge is 0.213 e. The average molecular weight is 356 g/mol. The van der Waals surface area contributed by atoms with Crippen LogP contribution in [0.1, 0.15) is 12.8 Å². The van der Waals surface area contributed by atoms with E-state index in [2.05, 4.69) is 15.3 Å². The van der Waals surface area contributed by atoms with Gasteiger partial charge in [0.2, 0.25) is 5.95 Å². The maximum absolute atomic E-state index is 13.4. The minimum absolute atomic E-state index is 0.308. The molecule has 0 aliphatic carbocycles. The SMILES string of the molecule is Fc1cc(-c2nc(NCC3CCOCC3)ccc2Cl)c(Cl)cn1. The van der Waals surface area contributed by atoms with Gasteiger partial charge in [-0.3, -0.25) is 0 Å². The van der Waals surface area contributed by atoms with E-state index in [9.17, 15) is 4.39 Å². The van der Waals surface area contributed by atoms with Gasteiger partial charge in [0, 0.05) is 37.6 Å². The Bertz CT molecular complexity index is 693. The molecule has 4 nitrogen and oxygen atoms in total. The molecule has 23 heavy (non-hydrogen) atoms. The number of hydrogen-bond donors (Lipinski definition) is 1. The molecule has 122 valence electrons. The van der Waals surface area contributed by atoms with E-state index in [4.69, 9.17) is 27.9 Å². The van der Waals surface area contributed by atoms with Crippen LogP contribution in [0.2, 0.25) is 10.0 Å². The first-order valence-corrected chi connectivity index (χ1v) is 8.18. The van der Waals surface area contributed by atoms with Gasteiger partial charge in [-0.1, -0.05) is 23.2 Å². The summed E-state index contributed by atoms with van der Waals surface area (Å²) in [5.74, 6) is 0.624. The monoisotopic (exact) mass is 355 g/mol. The van der Waals surface area contributed by atoms with Crippen LogP contribution >= 0.6 is 23.2 Å². The first kappa shape index (κ1) is 16.4. The molecule has 1 aliphatic heterocycles. The van der Waals surface area contributed by atoms with E-state index < -0.39 is 5.95 Å². The van der Waals surface area contributed by atoms with Gasteiger partial charge >= 0.3 is 0 Å². The van der Waals surface area contributed by atoms with E-state index in [1.54, 1.807) is 12.1 Å². The quantitative estimate of drug-likeness (QED) is 0.824. The number of ether oxygens (including phenoxy) is 1. The molecule has 0 aromatic carbocycles. The largest absolute Gasteiger partial charge is 0.381 e. The zero-order valence-corrected chi connectivity index (χ0v) is 13.9. The van der Waals surface area contributed by atoms with Crippen LogP contribution in [0, 0.1) is 11.9 Å². The summed E-state index contributed by atoms with van der Waals surface area (Å²) in [6.07, 6.45) is 3.33. The van der Waals surface area contributed by atoms with Gasteiger partial charge < -0.3 is 10.1 Å². The standard InChI is InChI=1S/C16H16Cl2FN3O/c17-12-1-2-15(21-8-10-3-5-23-6-4-10)22-16(12)11-7-14(19)20-9-13(11)18/h1-2,7,9-10H,3-6,8H2,(H,21,22). The van der Waals surface area contributed by atoms with Gasteiger partial charge in [0.05, 0.1) is 15.7 Å². The van der Waals surface area contributed by atoms with E-state index >= 15 is 0 Å². The van der Waals surface area contributed by atoms with E-state index in [0.717, 1.165) is 32.6 Å². The van der Waals surface area contributed by atoms with Crippen LogP contribution in [0.15, 0.2) is 24.4 Å². The molecule has 0 radical (unpaired) electrons. The summed E-state index contributed by atoms with van der Waals surface area (Å²) in [6.45, 7) is 2.42. The fourth-order valence-corrected chi connectivity index (χ4v) is 2.92. The van der Waals surface area contributed by atoms with Crippen molar-refractivity contribution >= 4 is 29.0 Å². The van der Waals surface area contributed by atoms with Crippen molar-refractivity contribution in [2.24, 2.45) is 5.92 Å². The van der Waals surface area contributed by atoms with Crippen LogP contribution in [0.25, 0.3) is 11.3 Å². The number of aromatic nitrogens is 2. The lowest BCUT2D eigenvalue weighted by Gasteiger charge is -2.22. The van der Waals surface area contributed by atoms with Crippen LogP contribution in [0.4, 0.5) is 10.2 Å². The average Bonchev–Trinajstić information content (AvgIpc) is 2.57. The summed E-state index contributed by atoms with van der Waals surface area (Å²) >= 11 is 12.3. The van der Waals surface area contributed by atoms with Gasteiger partial charge in [0.1, 0.15) is 5.82 Å². The number of rotatable bonds is 4. The summed E-state index contributed by atoms with van der Waals surface area (Å²) in [5, 5.41) is 4.03. The summed E-state index contributed by atoms with van der Waals surface area (Å²) in [7, 11) is 0. The van der Waals surface area contributed by atoms with Crippen LogP contribution in [-0.2, 0) is 4.74 Å². The summed E-state index contributed by atoms with van der Waals surface area (Å²) in [4.78, 5) is 7.99. The number of nitrogens with zero attached hydrogens (tertiary/aromatic N) is 2. The Morgan fingerprint density at radius 1 is 1.22 bits per heavy atom. The maximum atomic E-state index is 13.4. The molecule has 0 amide bonds. The van der Waals surface area contributed by atoms with Crippen molar-refractivity contribution in [2.45, 2.75) is 12.8 Å². The van der Waals surface area contributed by atoms with Crippen LogP contribution in [0.5, 0.6) is 0 Å². The second-order valence-electron chi connectivity index (χ2n) is 5.45. The molecule has 0 bridgehead atoms. The Balaban J connectivity index is 1.80. The van der Waals surface area contributed by atoms with Crippen molar-refractivity contribution in [3.8, 4) is 11.3 Å². The minimum atomic E-state index is -0.622.